The predicted octanol–water partition coefficient (Wildman–Crippen LogP) is 3.80. The molecule has 0 radical (unpaired) electrons. The number of hydrogen-bond donors (Lipinski definition) is 2. The highest BCUT2D eigenvalue weighted by Gasteiger charge is 2.22. The van der Waals surface area contributed by atoms with E-state index >= 15 is 0 Å². The first-order chi connectivity index (χ1) is 15.4. The molecule has 1 aliphatic heterocycles. The van der Waals surface area contributed by atoms with E-state index in [1.165, 1.54) is 53.9 Å². The first-order valence-electron chi connectivity index (χ1n) is 9.25. The van der Waals surface area contributed by atoms with Gasteiger partial charge in [-0.2, -0.15) is 0 Å². The van der Waals surface area contributed by atoms with Gasteiger partial charge in [0.2, 0.25) is 18.6 Å². The Morgan fingerprint density at radius 1 is 1.28 bits per heavy atom. The quantitative estimate of drug-likeness (QED) is 0.304. The zero-order valence-corrected chi connectivity index (χ0v) is 18.2. The lowest BCUT2D eigenvalue weighted by molar-refractivity contribution is -0.385. The third-order valence-corrected chi connectivity index (χ3v) is 6.16. The van der Waals surface area contributed by atoms with E-state index in [0.29, 0.717) is 28.9 Å². The van der Waals surface area contributed by atoms with Crippen molar-refractivity contribution in [1.29, 1.82) is 0 Å². The van der Waals surface area contributed by atoms with Crippen LogP contribution in [0.1, 0.15) is 17.4 Å². The van der Waals surface area contributed by atoms with Crippen LogP contribution in [0.3, 0.4) is 0 Å². The monoisotopic (exact) mass is 472 g/mol. The van der Waals surface area contributed by atoms with Gasteiger partial charge in [-0.15, -0.1) is 22.7 Å². The minimum atomic E-state index is -0.548. The molecule has 2 aromatic heterocycles. The second kappa shape index (κ2) is 9.16. The fourth-order valence-electron chi connectivity index (χ4n) is 2.82. The molecule has 0 aliphatic carbocycles. The number of hydrogen-bond acceptors (Lipinski definition) is 9. The molecule has 1 aliphatic rings. The van der Waals surface area contributed by atoms with Gasteiger partial charge in [0.15, 0.2) is 16.6 Å². The Balaban J connectivity index is 1.42. The third-order valence-electron chi connectivity index (χ3n) is 4.29. The van der Waals surface area contributed by atoms with E-state index in [0.717, 1.165) is 9.75 Å². The number of nitro groups is 1. The fraction of sp³-hybridized carbons (Fsp3) is 0.150. The molecule has 2 amide bonds. The van der Waals surface area contributed by atoms with Crippen LogP contribution in [0.15, 0.2) is 35.7 Å². The maximum Gasteiger partial charge on any atom is 0.280 e. The van der Waals surface area contributed by atoms with Crippen molar-refractivity contribution in [2.75, 3.05) is 12.1 Å². The largest absolute Gasteiger partial charge is 0.454 e. The van der Waals surface area contributed by atoms with Gasteiger partial charge in [-0.3, -0.25) is 25.0 Å². The lowest BCUT2D eigenvalue weighted by Gasteiger charge is -2.01. The minimum absolute atomic E-state index is 0.00844. The summed E-state index contributed by atoms with van der Waals surface area (Å²) in [5, 5.41) is 18.9. The number of aromatic nitrogens is 1. The van der Waals surface area contributed by atoms with Gasteiger partial charge in [0.05, 0.1) is 33.7 Å². The molecule has 164 valence electrons. The summed E-state index contributed by atoms with van der Waals surface area (Å²) in [7, 11) is 0. The molecule has 10 nitrogen and oxygen atoms in total. The van der Waals surface area contributed by atoms with Gasteiger partial charge in [0, 0.05) is 23.3 Å². The molecular formula is C20H16N4O6S2. The summed E-state index contributed by atoms with van der Waals surface area (Å²) in [6.45, 7) is 1.90. The molecule has 0 saturated heterocycles. The SMILES string of the molecule is CC(=O)NCc1ccc(-c2csc(NC(=O)/C=C/c3cc4c(cc3[N+](=O)[O-])OCO4)n2)s1. The molecule has 12 heteroatoms. The van der Waals surface area contributed by atoms with Crippen LogP contribution in [0.25, 0.3) is 16.6 Å². The fourth-order valence-corrected chi connectivity index (χ4v) is 4.51. The number of thiazole rings is 1. The Bertz CT molecular complexity index is 1230. The number of nitro benzene ring substituents is 1. The lowest BCUT2D eigenvalue weighted by Crippen LogP contribution is -2.17. The Kier molecular flexibility index (Phi) is 6.14. The van der Waals surface area contributed by atoms with E-state index in [1.54, 1.807) is 0 Å². The number of fused-ring (bicyclic) bond motifs is 1. The summed E-state index contributed by atoms with van der Waals surface area (Å²) < 4.78 is 10.4. The van der Waals surface area contributed by atoms with Crippen LogP contribution in [0.2, 0.25) is 0 Å². The maximum absolute atomic E-state index is 12.3. The number of rotatable bonds is 7. The first kappa shape index (κ1) is 21.5. The van der Waals surface area contributed by atoms with Crippen molar-refractivity contribution in [2.24, 2.45) is 0 Å². The Morgan fingerprint density at radius 2 is 2.06 bits per heavy atom. The van der Waals surface area contributed by atoms with E-state index in [-0.39, 0.29) is 24.0 Å². The number of amides is 2. The van der Waals surface area contributed by atoms with Gasteiger partial charge in [-0.25, -0.2) is 4.98 Å². The highest BCUT2D eigenvalue weighted by Crippen LogP contribution is 2.38. The number of carbonyl (C=O) groups excluding carboxylic acids is 2. The summed E-state index contributed by atoms with van der Waals surface area (Å²) in [6, 6.07) is 6.55. The van der Waals surface area contributed by atoms with Crippen molar-refractivity contribution in [3.05, 3.63) is 56.3 Å². The molecule has 3 heterocycles. The number of carbonyl (C=O) groups is 2. The molecule has 0 unspecified atom stereocenters. The number of ether oxygens (including phenoxy) is 2. The van der Waals surface area contributed by atoms with E-state index in [4.69, 9.17) is 9.47 Å². The Labute approximate surface area is 189 Å². The molecule has 32 heavy (non-hydrogen) atoms. The highest BCUT2D eigenvalue weighted by atomic mass is 32.1. The van der Waals surface area contributed by atoms with E-state index in [1.807, 2.05) is 17.5 Å². The first-order valence-corrected chi connectivity index (χ1v) is 10.9. The van der Waals surface area contributed by atoms with Crippen LogP contribution >= 0.6 is 22.7 Å². The summed E-state index contributed by atoms with van der Waals surface area (Å²) in [5.41, 5.74) is 0.738. The van der Waals surface area contributed by atoms with Crippen molar-refractivity contribution >= 4 is 51.4 Å². The zero-order valence-electron chi connectivity index (χ0n) is 16.6. The normalized spacial score (nSPS) is 12.2. The van der Waals surface area contributed by atoms with Crippen LogP contribution < -0.4 is 20.1 Å². The van der Waals surface area contributed by atoms with Crippen LogP contribution in [-0.2, 0) is 16.1 Å². The van der Waals surface area contributed by atoms with Gasteiger partial charge in [-0.1, -0.05) is 0 Å². The maximum atomic E-state index is 12.3. The number of thiophene rings is 1. The van der Waals surface area contributed by atoms with Crippen molar-refractivity contribution in [3.8, 4) is 22.1 Å². The zero-order chi connectivity index (χ0) is 22.7. The lowest BCUT2D eigenvalue weighted by atomic mass is 10.1. The summed E-state index contributed by atoms with van der Waals surface area (Å²) in [5.74, 6) is 0.101. The summed E-state index contributed by atoms with van der Waals surface area (Å²) >= 11 is 2.76. The molecule has 0 spiro atoms. The predicted molar refractivity (Wildman–Crippen MR) is 120 cm³/mol. The summed E-state index contributed by atoms with van der Waals surface area (Å²) in [4.78, 5) is 40.4. The van der Waals surface area contributed by atoms with Crippen molar-refractivity contribution in [2.45, 2.75) is 13.5 Å². The Morgan fingerprint density at radius 3 is 2.81 bits per heavy atom. The smallest absolute Gasteiger partial charge is 0.280 e. The number of nitrogens with one attached hydrogen (secondary N) is 2. The number of nitrogens with zero attached hydrogens (tertiary/aromatic N) is 2. The second-order valence-corrected chi connectivity index (χ2v) is 8.58. The average Bonchev–Trinajstić information content (AvgIpc) is 3.49. The summed E-state index contributed by atoms with van der Waals surface area (Å²) in [6.07, 6.45) is 2.54. The second-order valence-electron chi connectivity index (χ2n) is 6.56. The van der Waals surface area contributed by atoms with Gasteiger partial charge < -0.3 is 14.8 Å². The van der Waals surface area contributed by atoms with E-state index < -0.39 is 10.8 Å². The molecule has 0 atom stereocenters. The topological polar surface area (TPSA) is 133 Å². The molecule has 4 rings (SSSR count). The van der Waals surface area contributed by atoms with Crippen molar-refractivity contribution in [3.63, 3.8) is 0 Å². The van der Waals surface area contributed by atoms with Gasteiger partial charge in [0.1, 0.15) is 0 Å². The van der Waals surface area contributed by atoms with Gasteiger partial charge >= 0.3 is 0 Å². The number of anilines is 1. The standard InChI is InChI=1S/C20H16N4O6S2/c1-11(25)21-8-13-3-4-18(32-13)14-9-31-20(22-14)23-19(26)5-2-12-6-16-17(30-10-29-16)7-15(12)24(27)28/h2-7,9H,8,10H2,1H3,(H,21,25)(H,22,23,26)/b5-2+. The molecule has 1 aromatic carbocycles. The minimum Gasteiger partial charge on any atom is -0.454 e. The molecule has 3 aromatic rings. The third kappa shape index (κ3) is 4.92. The molecule has 0 fully saturated rings. The van der Waals surface area contributed by atoms with Gasteiger partial charge in [-0.05, 0) is 24.3 Å². The van der Waals surface area contributed by atoms with E-state index in [2.05, 4.69) is 15.6 Å². The van der Waals surface area contributed by atoms with E-state index in [9.17, 15) is 19.7 Å². The van der Waals surface area contributed by atoms with Crippen LogP contribution in [-0.4, -0.2) is 28.5 Å². The van der Waals surface area contributed by atoms with Crippen molar-refractivity contribution in [1.82, 2.24) is 10.3 Å². The van der Waals surface area contributed by atoms with Crippen molar-refractivity contribution < 1.29 is 24.0 Å². The van der Waals surface area contributed by atoms with Gasteiger partial charge in [0.25, 0.3) is 5.69 Å². The molecule has 2 N–H and O–H groups in total. The molecule has 0 saturated carbocycles. The average molecular weight is 473 g/mol. The van der Waals surface area contributed by atoms with Crippen LogP contribution in [0.5, 0.6) is 11.5 Å². The highest BCUT2D eigenvalue weighted by molar-refractivity contribution is 7.17. The van der Waals surface area contributed by atoms with Crippen LogP contribution in [0, 0.1) is 10.1 Å². The number of benzene rings is 1. The molecular weight excluding hydrogens is 456 g/mol. The molecule has 0 bridgehead atoms. The van der Waals surface area contributed by atoms with Crippen LogP contribution in [0.4, 0.5) is 10.8 Å². The Hall–Kier alpha value is -3.77.